The van der Waals surface area contributed by atoms with Gasteiger partial charge in [-0.05, 0) is 19.5 Å². The van der Waals surface area contributed by atoms with Crippen molar-refractivity contribution in [2.45, 2.75) is 6.42 Å². The topological polar surface area (TPSA) is 64.1 Å². The first-order chi connectivity index (χ1) is 4.91. The Balaban J connectivity index is -0.000000135. The van der Waals surface area contributed by atoms with Crippen LogP contribution < -0.4 is 16.8 Å². The molecule has 0 aromatic rings. The van der Waals surface area contributed by atoms with Gasteiger partial charge in [-0.3, -0.25) is 0 Å². The maximum Gasteiger partial charge on any atom is 0.0646 e. The van der Waals surface area contributed by atoms with Gasteiger partial charge in [0, 0.05) is 19.4 Å². The van der Waals surface area contributed by atoms with Crippen LogP contribution in [0, 0.1) is 19.4 Å². The zero-order valence-corrected chi connectivity index (χ0v) is 9.66. The summed E-state index contributed by atoms with van der Waals surface area (Å²) in [4.78, 5) is 0. The molecular weight excluding hydrogens is 235 g/mol. The fourth-order valence-corrected chi connectivity index (χ4v) is 0.473. The first kappa shape index (κ1) is 23.5. The Morgan fingerprint density at radius 3 is 2.23 bits per heavy atom. The maximum atomic E-state index is 5.26. The number of nitrogens with one attached hydrogen (secondary N) is 1. The van der Waals surface area contributed by atoms with E-state index < -0.39 is 0 Å². The lowest BCUT2D eigenvalue weighted by molar-refractivity contribution is 0.688. The predicted octanol–water partition coefficient (Wildman–Crippen LogP) is 0.350. The summed E-state index contributed by atoms with van der Waals surface area (Å²) >= 11 is 0. The minimum atomic E-state index is 0. The van der Waals surface area contributed by atoms with E-state index in [0.717, 1.165) is 19.5 Å². The molecule has 80 valence electrons. The average molecular weight is 252 g/mol. The lowest BCUT2D eigenvalue weighted by atomic mass is 10.4. The van der Waals surface area contributed by atoms with Gasteiger partial charge in [-0.1, -0.05) is 0 Å². The van der Waals surface area contributed by atoms with Gasteiger partial charge in [-0.25, -0.2) is 0 Å². The highest BCUT2D eigenvalue weighted by atomic mass is 35.5. The van der Waals surface area contributed by atoms with Crippen molar-refractivity contribution in [2.24, 2.45) is 11.5 Å². The summed E-state index contributed by atoms with van der Waals surface area (Å²) in [6, 6.07) is 0. The van der Waals surface area contributed by atoms with Gasteiger partial charge in [-0.15, -0.1) is 37.2 Å². The van der Waals surface area contributed by atoms with Crippen LogP contribution in [0.3, 0.4) is 0 Å². The standard InChI is InChI=1S/C7H13N3.3ClH/c8-4-1-2-6-10-7-3-5-9;;;/h10H,3,5-9H2;3*1H/i1+1,2+1,4+1;;;. The van der Waals surface area contributed by atoms with Gasteiger partial charge >= 0.3 is 0 Å². The number of halogens is 3. The third-order valence-corrected chi connectivity index (χ3v) is 0.932. The number of nitrogens with two attached hydrogens (primary N) is 2. The minimum absolute atomic E-state index is 0. The van der Waals surface area contributed by atoms with E-state index in [2.05, 4.69) is 24.7 Å². The van der Waals surface area contributed by atoms with E-state index in [1.54, 1.807) is 0 Å². The van der Waals surface area contributed by atoms with Crippen molar-refractivity contribution in [3.05, 3.63) is 19.4 Å². The van der Waals surface area contributed by atoms with Crippen LogP contribution in [0.25, 0.3) is 0 Å². The van der Waals surface area contributed by atoms with Gasteiger partial charge in [0.25, 0.3) is 0 Å². The van der Waals surface area contributed by atoms with Crippen LogP contribution in [-0.2, 0) is 0 Å². The fourth-order valence-electron chi connectivity index (χ4n) is 0.473. The molecule has 0 rings (SSSR count). The van der Waals surface area contributed by atoms with Crippen LogP contribution in [-0.4, -0.2) is 19.6 Å². The first-order valence-corrected chi connectivity index (χ1v) is 3.26. The second-order valence-electron chi connectivity index (χ2n) is 1.77. The van der Waals surface area contributed by atoms with Crippen molar-refractivity contribution in [3.63, 3.8) is 0 Å². The molecule has 0 heterocycles. The Labute approximate surface area is 99.6 Å². The molecule has 0 bridgehead atoms. The van der Waals surface area contributed by atoms with Crippen LogP contribution in [0.5, 0.6) is 0 Å². The summed E-state index contributed by atoms with van der Waals surface area (Å²) in [5.74, 6) is 0. The smallest absolute Gasteiger partial charge is 0.0646 e. The zero-order valence-electron chi connectivity index (χ0n) is 7.21. The molecule has 0 unspecified atom stereocenters. The number of hydrogen-bond donors (Lipinski definition) is 3. The highest BCUT2D eigenvalue weighted by molar-refractivity contribution is 5.86. The molecule has 0 aromatic carbocycles. The van der Waals surface area contributed by atoms with E-state index in [-0.39, 0.29) is 37.2 Å². The monoisotopic (exact) mass is 250 g/mol. The molecule has 0 amide bonds. The molecule has 0 atom stereocenters. The van der Waals surface area contributed by atoms with E-state index in [9.17, 15) is 0 Å². The van der Waals surface area contributed by atoms with Gasteiger partial charge in [0.15, 0.2) is 0 Å². The van der Waals surface area contributed by atoms with Gasteiger partial charge in [0.2, 0.25) is 0 Å². The molecule has 0 spiro atoms. The Hall–Kier alpha value is 0.750. The van der Waals surface area contributed by atoms with Gasteiger partial charge in [0.05, 0.1) is 6.54 Å². The quantitative estimate of drug-likeness (QED) is 0.348. The molecule has 3 nitrogen and oxygen atoms in total. The Morgan fingerprint density at radius 2 is 1.77 bits per heavy atom. The molecule has 6 radical (unpaired) electrons. The first-order valence-electron chi connectivity index (χ1n) is 3.26. The van der Waals surface area contributed by atoms with Crippen molar-refractivity contribution >= 4 is 37.2 Å². The summed E-state index contributed by atoms with van der Waals surface area (Å²) < 4.78 is 0. The largest absolute Gasteiger partial charge is 0.330 e. The Bertz CT molecular complexity index is 58.9. The number of hydrogen-bond acceptors (Lipinski definition) is 3. The number of rotatable bonds is 7. The van der Waals surface area contributed by atoms with E-state index in [1.165, 1.54) is 0 Å². The normalized spacial score (nSPS) is 7.85. The van der Waals surface area contributed by atoms with Crippen LogP contribution in [0.2, 0.25) is 0 Å². The predicted molar refractivity (Wildman–Crippen MR) is 62.2 cm³/mol. The molecule has 0 aliphatic rings. The van der Waals surface area contributed by atoms with Crippen LogP contribution in [0.15, 0.2) is 0 Å². The van der Waals surface area contributed by atoms with Crippen LogP contribution >= 0.6 is 37.2 Å². The Morgan fingerprint density at radius 1 is 1.15 bits per heavy atom. The van der Waals surface area contributed by atoms with Gasteiger partial charge in [-0.2, -0.15) is 0 Å². The SMILES string of the molecule is Cl.Cl.Cl.NCCCNC[13C][13C][13C]N. The molecule has 0 aliphatic heterocycles. The molecule has 0 aromatic heterocycles. The van der Waals surface area contributed by atoms with E-state index in [0.29, 0.717) is 6.54 Å². The highest BCUT2D eigenvalue weighted by Gasteiger charge is 1.87. The van der Waals surface area contributed by atoms with Crippen LogP contribution in [0.1, 0.15) is 6.42 Å². The molecule has 0 saturated carbocycles. The molecule has 13 heavy (non-hydrogen) atoms. The van der Waals surface area contributed by atoms with Gasteiger partial charge < -0.3 is 16.8 Å². The summed E-state index contributed by atoms with van der Waals surface area (Å²) in [5, 5.41) is 3.07. The van der Waals surface area contributed by atoms with Crippen molar-refractivity contribution in [1.29, 1.82) is 0 Å². The average Bonchev–Trinajstić information content (AvgIpc) is 1.97. The lowest BCUT2D eigenvalue weighted by Gasteiger charge is -1.99. The van der Waals surface area contributed by atoms with E-state index >= 15 is 0 Å². The molecule has 6 heteroatoms. The lowest BCUT2D eigenvalue weighted by Crippen LogP contribution is -2.20. The van der Waals surface area contributed by atoms with Crippen molar-refractivity contribution < 1.29 is 0 Å². The molecular formula is C7H16Cl3N3. The van der Waals surface area contributed by atoms with Crippen LogP contribution in [0.4, 0.5) is 0 Å². The molecule has 0 saturated heterocycles. The molecule has 0 aliphatic carbocycles. The zero-order chi connectivity index (χ0) is 7.66. The van der Waals surface area contributed by atoms with Crippen molar-refractivity contribution in [1.82, 2.24) is 5.32 Å². The number of unbranched alkanes of at least 4 members (excludes halogenated alkanes) is 1. The second kappa shape index (κ2) is 23.0. The second-order valence-corrected chi connectivity index (χ2v) is 1.77. The van der Waals surface area contributed by atoms with Crippen molar-refractivity contribution in [2.75, 3.05) is 19.6 Å². The molecule has 0 fully saturated rings. The van der Waals surface area contributed by atoms with E-state index in [1.807, 2.05) is 0 Å². The van der Waals surface area contributed by atoms with Crippen molar-refractivity contribution in [3.8, 4) is 0 Å². The maximum absolute atomic E-state index is 5.26. The highest BCUT2D eigenvalue weighted by Crippen LogP contribution is 1.81. The summed E-state index contributed by atoms with van der Waals surface area (Å²) in [6.07, 6.45) is 6.25. The van der Waals surface area contributed by atoms with Gasteiger partial charge in [0.1, 0.15) is 0 Å². The minimum Gasteiger partial charge on any atom is -0.330 e. The summed E-state index contributed by atoms with van der Waals surface area (Å²) in [7, 11) is 0. The van der Waals surface area contributed by atoms with E-state index in [4.69, 9.17) is 11.5 Å². The Kier molecular flexibility index (Phi) is 41.6. The fraction of sp³-hybridized carbons (Fsp3) is 0.571. The summed E-state index contributed by atoms with van der Waals surface area (Å²) in [5.41, 5.74) is 10.2. The summed E-state index contributed by atoms with van der Waals surface area (Å²) in [6.45, 7) is 4.52. The molecule has 5 N–H and O–H groups in total. The third-order valence-electron chi connectivity index (χ3n) is 0.932. The third kappa shape index (κ3) is 24.5.